The van der Waals surface area contributed by atoms with Crippen molar-refractivity contribution in [1.82, 2.24) is 9.55 Å². The summed E-state index contributed by atoms with van der Waals surface area (Å²) in [4.78, 5) is 4.28. The monoisotopic (exact) mass is 279 g/mol. The molecule has 1 aromatic heterocycles. The van der Waals surface area contributed by atoms with Gasteiger partial charge >= 0.3 is 0 Å². The molecular weight excluding hydrogens is 261 g/mol. The van der Waals surface area contributed by atoms with E-state index in [1.54, 1.807) is 6.92 Å². The van der Waals surface area contributed by atoms with Gasteiger partial charge in [0.1, 0.15) is 5.82 Å². The van der Waals surface area contributed by atoms with Gasteiger partial charge in [-0.25, -0.2) is 9.37 Å². The van der Waals surface area contributed by atoms with Crippen LogP contribution in [0.1, 0.15) is 25.3 Å². The zero-order valence-corrected chi connectivity index (χ0v) is 12.1. The average molecular weight is 279 g/mol. The highest BCUT2D eigenvalue weighted by molar-refractivity contribution is 8.00. The minimum atomic E-state index is -0.224. The van der Waals surface area contributed by atoms with E-state index in [2.05, 4.69) is 11.9 Å². The summed E-state index contributed by atoms with van der Waals surface area (Å²) < 4.78 is 15.8. The number of fused-ring (bicyclic) bond motifs is 1. The third kappa shape index (κ3) is 2.20. The molecule has 1 aromatic carbocycles. The number of nitrogens with two attached hydrogens (primary N) is 1. The Labute approximate surface area is 116 Å². The molecule has 102 valence electrons. The van der Waals surface area contributed by atoms with Crippen LogP contribution in [0.3, 0.4) is 0 Å². The van der Waals surface area contributed by atoms with Crippen LogP contribution in [-0.2, 0) is 6.54 Å². The molecule has 2 N–H and O–H groups in total. The van der Waals surface area contributed by atoms with E-state index < -0.39 is 0 Å². The SMILES string of the molecule is Cc1cc2c(cc1F)nc(N)n2CC1(C)CCCS1. The Morgan fingerprint density at radius 2 is 2.32 bits per heavy atom. The number of rotatable bonds is 2. The Bertz CT molecular complexity index is 629. The number of hydrogen-bond donors (Lipinski definition) is 1. The number of imidazole rings is 1. The van der Waals surface area contributed by atoms with Crippen molar-refractivity contribution in [3.8, 4) is 0 Å². The molecule has 1 fully saturated rings. The van der Waals surface area contributed by atoms with Gasteiger partial charge in [-0.2, -0.15) is 11.8 Å². The van der Waals surface area contributed by atoms with Gasteiger partial charge in [-0.05, 0) is 44.1 Å². The van der Waals surface area contributed by atoms with Crippen LogP contribution in [0.2, 0.25) is 0 Å². The van der Waals surface area contributed by atoms with Crippen LogP contribution >= 0.6 is 11.8 Å². The Morgan fingerprint density at radius 1 is 1.53 bits per heavy atom. The highest BCUT2D eigenvalue weighted by atomic mass is 32.2. The highest BCUT2D eigenvalue weighted by Gasteiger charge is 2.31. The third-order valence-electron chi connectivity index (χ3n) is 3.85. The summed E-state index contributed by atoms with van der Waals surface area (Å²) in [5, 5.41) is 0. The fourth-order valence-electron chi connectivity index (χ4n) is 2.73. The number of benzene rings is 1. The molecule has 3 rings (SSSR count). The minimum Gasteiger partial charge on any atom is -0.369 e. The molecule has 0 spiro atoms. The fraction of sp³-hybridized carbons (Fsp3) is 0.500. The second kappa shape index (κ2) is 4.40. The Kier molecular flexibility index (Phi) is 2.96. The van der Waals surface area contributed by atoms with Gasteiger partial charge in [0.2, 0.25) is 5.95 Å². The summed E-state index contributed by atoms with van der Waals surface area (Å²) in [5.41, 5.74) is 8.23. The first-order valence-corrected chi connectivity index (χ1v) is 7.53. The molecule has 19 heavy (non-hydrogen) atoms. The van der Waals surface area contributed by atoms with Crippen molar-refractivity contribution < 1.29 is 4.39 Å². The quantitative estimate of drug-likeness (QED) is 0.916. The Morgan fingerprint density at radius 3 is 3.00 bits per heavy atom. The first-order chi connectivity index (χ1) is 8.98. The van der Waals surface area contributed by atoms with Gasteiger partial charge in [-0.1, -0.05) is 0 Å². The molecule has 1 aliphatic rings. The van der Waals surface area contributed by atoms with Gasteiger partial charge < -0.3 is 10.3 Å². The van der Waals surface area contributed by atoms with Crippen LogP contribution in [-0.4, -0.2) is 20.1 Å². The topological polar surface area (TPSA) is 43.8 Å². The van der Waals surface area contributed by atoms with Gasteiger partial charge in [0.15, 0.2) is 0 Å². The predicted molar refractivity (Wildman–Crippen MR) is 78.9 cm³/mol. The fourth-order valence-corrected chi connectivity index (χ4v) is 4.02. The maximum absolute atomic E-state index is 13.6. The molecule has 2 aromatic rings. The third-order valence-corrected chi connectivity index (χ3v) is 5.37. The molecule has 2 heterocycles. The summed E-state index contributed by atoms with van der Waals surface area (Å²) in [7, 11) is 0. The number of anilines is 1. The zero-order chi connectivity index (χ0) is 13.6. The molecule has 0 radical (unpaired) electrons. The van der Waals surface area contributed by atoms with E-state index in [1.807, 2.05) is 22.4 Å². The molecule has 0 bridgehead atoms. The van der Waals surface area contributed by atoms with Gasteiger partial charge in [0.25, 0.3) is 0 Å². The van der Waals surface area contributed by atoms with Gasteiger partial charge in [-0.15, -0.1) is 0 Å². The standard InChI is InChI=1S/C14H18FN3S/c1-9-6-12-11(7-10(9)15)17-13(16)18(12)8-14(2)4-3-5-19-14/h6-7H,3-5,8H2,1-2H3,(H2,16,17). The lowest BCUT2D eigenvalue weighted by Crippen LogP contribution is -2.24. The molecule has 5 heteroatoms. The number of aromatic nitrogens is 2. The van der Waals surface area contributed by atoms with E-state index in [9.17, 15) is 4.39 Å². The lowest BCUT2D eigenvalue weighted by atomic mass is 10.1. The van der Waals surface area contributed by atoms with Crippen molar-refractivity contribution >= 4 is 28.7 Å². The average Bonchev–Trinajstić information content (AvgIpc) is 2.88. The maximum atomic E-state index is 13.6. The molecule has 1 unspecified atom stereocenters. The first-order valence-electron chi connectivity index (χ1n) is 6.54. The van der Waals surface area contributed by atoms with E-state index in [0.717, 1.165) is 12.1 Å². The van der Waals surface area contributed by atoms with Crippen LogP contribution in [0.5, 0.6) is 0 Å². The number of nitrogens with zero attached hydrogens (tertiary/aromatic N) is 2. The normalized spacial score (nSPS) is 23.3. The highest BCUT2D eigenvalue weighted by Crippen LogP contribution is 2.40. The van der Waals surface area contributed by atoms with Gasteiger partial charge in [0.05, 0.1) is 11.0 Å². The molecule has 1 atom stereocenters. The van der Waals surface area contributed by atoms with E-state index in [0.29, 0.717) is 17.0 Å². The summed E-state index contributed by atoms with van der Waals surface area (Å²) in [6, 6.07) is 3.32. The summed E-state index contributed by atoms with van der Waals surface area (Å²) in [6.07, 6.45) is 2.44. The molecule has 1 saturated heterocycles. The lowest BCUT2D eigenvalue weighted by Gasteiger charge is -2.24. The van der Waals surface area contributed by atoms with E-state index in [4.69, 9.17) is 5.73 Å². The van der Waals surface area contributed by atoms with Crippen LogP contribution in [0.4, 0.5) is 10.3 Å². The second-order valence-corrected chi connectivity index (χ2v) is 7.23. The van der Waals surface area contributed by atoms with Crippen molar-refractivity contribution in [1.29, 1.82) is 0 Å². The molecular formula is C14H18FN3S. The van der Waals surface area contributed by atoms with Crippen molar-refractivity contribution in [2.75, 3.05) is 11.5 Å². The minimum absolute atomic E-state index is 0.212. The van der Waals surface area contributed by atoms with Crippen molar-refractivity contribution in [3.05, 3.63) is 23.5 Å². The molecule has 3 nitrogen and oxygen atoms in total. The maximum Gasteiger partial charge on any atom is 0.201 e. The number of hydrogen-bond acceptors (Lipinski definition) is 3. The van der Waals surface area contributed by atoms with E-state index in [-0.39, 0.29) is 10.6 Å². The van der Waals surface area contributed by atoms with Crippen LogP contribution in [0.25, 0.3) is 11.0 Å². The summed E-state index contributed by atoms with van der Waals surface area (Å²) >= 11 is 1.99. The predicted octanol–water partition coefficient (Wildman–Crippen LogP) is 3.35. The van der Waals surface area contributed by atoms with Crippen LogP contribution < -0.4 is 5.73 Å². The van der Waals surface area contributed by atoms with Gasteiger partial charge in [-0.3, -0.25) is 0 Å². The second-order valence-electron chi connectivity index (χ2n) is 5.55. The van der Waals surface area contributed by atoms with Crippen molar-refractivity contribution in [2.45, 2.75) is 38.0 Å². The summed E-state index contributed by atoms with van der Waals surface area (Å²) in [5.74, 6) is 1.46. The van der Waals surface area contributed by atoms with Crippen molar-refractivity contribution in [3.63, 3.8) is 0 Å². The number of thioether (sulfide) groups is 1. The van der Waals surface area contributed by atoms with Gasteiger partial charge in [0, 0.05) is 17.4 Å². The lowest BCUT2D eigenvalue weighted by molar-refractivity contribution is 0.522. The zero-order valence-electron chi connectivity index (χ0n) is 11.2. The van der Waals surface area contributed by atoms with Crippen molar-refractivity contribution in [2.24, 2.45) is 0 Å². The molecule has 0 amide bonds. The van der Waals surface area contributed by atoms with E-state index >= 15 is 0 Å². The number of halogens is 1. The Hall–Kier alpha value is -1.23. The molecule has 0 saturated carbocycles. The van der Waals surface area contributed by atoms with E-state index in [1.165, 1.54) is 24.7 Å². The molecule has 0 aliphatic carbocycles. The largest absolute Gasteiger partial charge is 0.369 e. The first kappa shape index (κ1) is 12.8. The molecule has 1 aliphatic heterocycles. The number of nitrogen functional groups attached to an aromatic ring is 1. The number of aryl methyl sites for hydroxylation is 1. The van der Waals surface area contributed by atoms with Crippen LogP contribution in [0.15, 0.2) is 12.1 Å². The summed E-state index contributed by atoms with van der Waals surface area (Å²) in [6.45, 7) is 4.88. The smallest absolute Gasteiger partial charge is 0.201 e. The van der Waals surface area contributed by atoms with Crippen LogP contribution in [0, 0.1) is 12.7 Å². The Balaban J connectivity index is 2.07.